The van der Waals surface area contributed by atoms with Gasteiger partial charge in [-0.2, -0.15) is 9.78 Å². The summed E-state index contributed by atoms with van der Waals surface area (Å²) in [5, 5.41) is 5.22. The summed E-state index contributed by atoms with van der Waals surface area (Å²) in [6.45, 7) is 0. The van der Waals surface area contributed by atoms with E-state index in [4.69, 9.17) is 4.98 Å². The van der Waals surface area contributed by atoms with Crippen LogP contribution in [0.25, 0.3) is 10.9 Å². The van der Waals surface area contributed by atoms with E-state index in [1.54, 1.807) is 18.0 Å². The lowest BCUT2D eigenvalue weighted by Crippen LogP contribution is -2.25. The molecular weight excluding hydrogens is 494 g/mol. The fraction of sp³-hybridized carbons (Fsp3) is 0.222. The number of benzene rings is 3. The monoisotopic (exact) mass is 517 g/mol. The van der Waals surface area contributed by atoms with Gasteiger partial charge in [-0.1, -0.05) is 77.3 Å². The molecule has 4 aromatic rings. The van der Waals surface area contributed by atoms with Crippen molar-refractivity contribution in [1.82, 2.24) is 9.66 Å². The molecule has 1 saturated carbocycles. The van der Waals surface area contributed by atoms with Crippen LogP contribution < -0.4 is 5.56 Å². The van der Waals surface area contributed by atoms with Crippen molar-refractivity contribution in [3.05, 3.63) is 99.0 Å². The van der Waals surface area contributed by atoms with E-state index in [0.29, 0.717) is 5.39 Å². The van der Waals surface area contributed by atoms with Crippen LogP contribution in [0.2, 0.25) is 0 Å². The minimum Gasteiger partial charge on any atom is -0.267 e. The summed E-state index contributed by atoms with van der Waals surface area (Å²) < 4.78 is 2.39. The molecule has 33 heavy (non-hydrogen) atoms. The molecular formula is C27H24BrN3OS. The number of hydrogen-bond acceptors (Lipinski definition) is 4. The third-order valence-corrected chi connectivity index (χ3v) is 7.49. The van der Waals surface area contributed by atoms with Gasteiger partial charge in [0.1, 0.15) is 5.82 Å². The summed E-state index contributed by atoms with van der Waals surface area (Å²) in [6.07, 6.45) is 7.45. The van der Waals surface area contributed by atoms with Crippen molar-refractivity contribution in [1.29, 1.82) is 0 Å². The average Bonchev–Trinajstić information content (AvgIpc) is 2.86. The van der Waals surface area contributed by atoms with Gasteiger partial charge in [0.15, 0.2) is 0 Å². The molecule has 3 aromatic carbocycles. The second-order valence-corrected chi connectivity index (χ2v) is 10.4. The number of hydrogen-bond donors (Lipinski definition) is 0. The Bertz CT molecular complexity index is 1340. The molecule has 0 N–H and O–H groups in total. The van der Waals surface area contributed by atoms with Crippen LogP contribution in [0.1, 0.15) is 49.4 Å². The SMILES string of the molecule is O=c1c2cc(Br)ccc2nc(C2CCCCC2)n1N=Cc1ccc(Sc2ccccc2)cc1. The zero-order valence-electron chi connectivity index (χ0n) is 18.2. The Labute approximate surface area is 205 Å². The average molecular weight is 518 g/mol. The molecule has 0 radical (unpaired) electrons. The summed E-state index contributed by atoms with van der Waals surface area (Å²) in [6, 6.07) is 24.2. The molecule has 0 unspecified atom stereocenters. The normalized spacial score (nSPS) is 14.8. The minimum absolute atomic E-state index is 0.116. The quantitative estimate of drug-likeness (QED) is 0.262. The Morgan fingerprint density at radius 3 is 2.42 bits per heavy atom. The topological polar surface area (TPSA) is 47.2 Å². The second kappa shape index (κ2) is 10.1. The van der Waals surface area contributed by atoms with E-state index >= 15 is 0 Å². The van der Waals surface area contributed by atoms with Gasteiger partial charge in [0, 0.05) is 20.2 Å². The Morgan fingerprint density at radius 2 is 1.67 bits per heavy atom. The molecule has 0 bridgehead atoms. The van der Waals surface area contributed by atoms with Crippen molar-refractivity contribution in [3.8, 4) is 0 Å². The summed E-state index contributed by atoms with van der Waals surface area (Å²) in [4.78, 5) is 20.7. The lowest BCUT2D eigenvalue weighted by molar-refractivity contribution is 0.416. The summed E-state index contributed by atoms with van der Waals surface area (Å²) in [7, 11) is 0. The highest BCUT2D eigenvalue weighted by Crippen LogP contribution is 2.32. The second-order valence-electron chi connectivity index (χ2n) is 8.31. The Hall–Kier alpha value is -2.70. The molecule has 1 aliphatic rings. The van der Waals surface area contributed by atoms with Gasteiger partial charge in [-0.3, -0.25) is 4.79 Å². The molecule has 0 amide bonds. The third-order valence-electron chi connectivity index (χ3n) is 5.98. The maximum absolute atomic E-state index is 13.4. The predicted molar refractivity (Wildman–Crippen MR) is 140 cm³/mol. The lowest BCUT2D eigenvalue weighted by atomic mass is 9.88. The number of halogens is 1. The molecule has 0 aliphatic heterocycles. The maximum atomic E-state index is 13.4. The summed E-state index contributed by atoms with van der Waals surface area (Å²) in [5.41, 5.74) is 1.56. The van der Waals surface area contributed by atoms with Crippen molar-refractivity contribution in [3.63, 3.8) is 0 Å². The Balaban J connectivity index is 1.48. The summed E-state index contributed by atoms with van der Waals surface area (Å²) >= 11 is 5.20. The minimum atomic E-state index is -0.116. The van der Waals surface area contributed by atoms with Gasteiger partial charge in [0.25, 0.3) is 5.56 Å². The molecule has 4 nitrogen and oxygen atoms in total. The molecule has 166 valence electrons. The van der Waals surface area contributed by atoms with E-state index in [9.17, 15) is 4.79 Å². The maximum Gasteiger partial charge on any atom is 0.282 e. The fourth-order valence-electron chi connectivity index (χ4n) is 4.27. The van der Waals surface area contributed by atoms with Crippen molar-refractivity contribution in [2.24, 2.45) is 5.10 Å². The van der Waals surface area contributed by atoms with E-state index in [0.717, 1.165) is 39.1 Å². The highest BCUT2D eigenvalue weighted by Gasteiger charge is 2.22. The smallest absolute Gasteiger partial charge is 0.267 e. The molecule has 1 aliphatic carbocycles. The van der Waals surface area contributed by atoms with Crippen LogP contribution >= 0.6 is 27.7 Å². The van der Waals surface area contributed by atoms with E-state index in [1.165, 1.54) is 28.8 Å². The van der Waals surface area contributed by atoms with E-state index < -0.39 is 0 Å². The largest absolute Gasteiger partial charge is 0.282 e. The van der Waals surface area contributed by atoms with Gasteiger partial charge in [0.2, 0.25) is 0 Å². The van der Waals surface area contributed by atoms with Crippen LogP contribution in [0.5, 0.6) is 0 Å². The molecule has 0 saturated heterocycles. The Morgan fingerprint density at radius 1 is 0.939 bits per heavy atom. The van der Waals surface area contributed by atoms with Crippen molar-refractivity contribution in [2.75, 3.05) is 0 Å². The number of fused-ring (bicyclic) bond motifs is 1. The van der Waals surface area contributed by atoms with Gasteiger partial charge in [-0.15, -0.1) is 0 Å². The van der Waals surface area contributed by atoms with E-state index in [-0.39, 0.29) is 11.5 Å². The third kappa shape index (κ3) is 5.12. The number of rotatable bonds is 5. The van der Waals surface area contributed by atoms with E-state index in [1.807, 2.05) is 48.5 Å². The van der Waals surface area contributed by atoms with Crippen molar-refractivity contribution >= 4 is 44.8 Å². The fourth-order valence-corrected chi connectivity index (χ4v) is 5.47. The summed E-state index contributed by atoms with van der Waals surface area (Å²) in [5.74, 6) is 1.04. The highest BCUT2D eigenvalue weighted by molar-refractivity contribution is 9.10. The van der Waals surface area contributed by atoms with Gasteiger partial charge < -0.3 is 0 Å². The van der Waals surface area contributed by atoms with Gasteiger partial charge in [-0.05, 0) is 60.9 Å². The lowest BCUT2D eigenvalue weighted by Gasteiger charge is -2.22. The zero-order chi connectivity index (χ0) is 22.6. The van der Waals surface area contributed by atoms with Gasteiger partial charge >= 0.3 is 0 Å². The standard InChI is InChI=1S/C27H24BrN3OS/c28-21-13-16-25-24(17-21)27(32)31(26(30-25)20-7-3-1-4-8-20)29-18-19-11-14-23(15-12-19)33-22-9-5-2-6-10-22/h2,5-6,9-18,20H,1,3-4,7-8H2. The molecule has 0 spiro atoms. The zero-order valence-corrected chi connectivity index (χ0v) is 20.6. The molecule has 1 aromatic heterocycles. The first-order chi connectivity index (χ1) is 16.2. The van der Waals surface area contributed by atoms with Crippen molar-refractivity contribution < 1.29 is 0 Å². The number of nitrogens with zero attached hydrogens (tertiary/aromatic N) is 3. The van der Waals surface area contributed by atoms with Crippen LogP contribution in [0.4, 0.5) is 0 Å². The first-order valence-electron chi connectivity index (χ1n) is 11.3. The van der Waals surface area contributed by atoms with E-state index in [2.05, 4.69) is 45.3 Å². The predicted octanol–water partition coefficient (Wildman–Crippen LogP) is 7.24. The van der Waals surface area contributed by atoms with Crippen molar-refractivity contribution in [2.45, 2.75) is 47.8 Å². The first kappa shape index (κ1) is 22.1. The molecule has 6 heteroatoms. The van der Waals surface area contributed by atoms with Crippen LogP contribution in [0.15, 0.2) is 97.0 Å². The van der Waals surface area contributed by atoms with Crippen LogP contribution in [0.3, 0.4) is 0 Å². The highest BCUT2D eigenvalue weighted by atomic mass is 79.9. The molecule has 1 fully saturated rings. The van der Waals surface area contributed by atoms with Crippen LogP contribution in [-0.4, -0.2) is 15.9 Å². The van der Waals surface area contributed by atoms with Gasteiger partial charge in [0.05, 0.1) is 17.1 Å². The first-order valence-corrected chi connectivity index (χ1v) is 12.9. The van der Waals surface area contributed by atoms with Crippen LogP contribution in [-0.2, 0) is 0 Å². The number of aromatic nitrogens is 2. The van der Waals surface area contributed by atoms with Crippen LogP contribution in [0, 0.1) is 0 Å². The molecule has 5 rings (SSSR count). The molecule has 1 heterocycles. The van der Waals surface area contributed by atoms with Gasteiger partial charge in [-0.25, -0.2) is 4.98 Å². The Kier molecular flexibility index (Phi) is 6.74. The molecule has 0 atom stereocenters.